The molecule has 1 rings (SSSR count). The average molecular weight is 338 g/mol. The molecule has 1 unspecified atom stereocenters. The van der Waals surface area contributed by atoms with Gasteiger partial charge in [0.2, 0.25) is 0 Å². The molecule has 126 valence electrons. The van der Waals surface area contributed by atoms with E-state index in [1.807, 2.05) is 32.8 Å². The van der Waals surface area contributed by atoms with Crippen LogP contribution < -0.4 is 10.6 Å². The highest BCUT2D eigenvalue weighted by Crippen LogP contribution is 2.31. The van der Waals surface area contributed by atoms with Crippen molar-refractivity contribution in [2.24, 2.45) is 5.92 Å². The van der Waals surface area contributed by atoms with Crippen molar-refractivity contribution in [3.05, 3.63) is 11.1 Å². The molecule has 2 amide bonds. The Balaban J connectivity index is 2.61. The number of carbonyl (C=O) groups excluding carboxylic acids is 1. The summed E-state index contributed by atoms with van der Waals surface area (Å²) >= 11 is 0.746. The zero-order valence-corrected chi connectivity index (χ0v) is 13.8. The van der Waals surface area contributed by atoms with Crippen LogP contribution in [0.4, 0.5) is 23.1 Å². The maximum atomic E-state index is 12.4. The molecule has 0 spiro atoms. The monoisotopic (exact) mass is 338 g/mol. The number of hydrogen-bond donors (Lipinski definition) is 2. The molecule has 0 aliphatic heterocycles. The molecule has 1 aromatic heterocycles. The highest BCUT2D eigenvalue weighted by Gasteiger charge is 2.34. The van der Waals surface area contributed by atoms with Crippen LogP contribution in [0.5, 0.6) is 0 Å². The first kappa shape index (κ1) is 18.7. The highest BCUT2D eigenvalue weighted by atomic mass is 32.1. The predicted molar refractivity (Wildman–Crippen MR) is 81.1 cm³/mol. The number of halogens is 3. The summed E-state index contributed by atoms with van der Waals surface area (Å²) in [5, 5.41) is 5.92. The first-order chi connectivity index (χ1) is 10.1. The molecule has 5 nitrogen and oxygen atoms in total. The Morgan fingerprint density at radius 2 is 2.05 bits per heavy atom. The fourth-order valence-corrected chi connectivity index (χ4v) is 2.68. The van der Waals surface area contributed by atoms with Gasteiger partial charge < -0.3 is 10.2 Å². The third-order valence-electron chi connectivity index (χ3n) is 2.69. The number of hydrogen-bond acceptors (Lipinski definition) is 4. The lowest BCUT2D eigenvalue weighted by atomic mass is 10.0. The Labute approximate surface area is 131 Å². The number of amides is 2. The van der Waals surface area contributed by atoms with E-state index < -0.39 is 17.9 Å². The normalized spacial score (nSPS) is 13.5. The van der Waals surface area contributed by atoms with Crippen LogP contribution >= 0.6 is 11.3 Å². The zero-order chi connectivity index (χ0) is 16.9. The smallest absolute Gasteiger partial charge is 0.334 e. The lowest BCUT2D eigenvalue weighted by Crippen LogP contribution is -2.44. The topological polar surface area (TPSA) is 57.3 Å². The van der Waals surface area contributed by atoms with Crippen molar-refractivity contribution < 1.29 is 18.0 Å². The largest absolute Gasteiger partial charge is 0.434 e. The van der Waals surface area contributed by atoms with Crippen molar-refractivity contribution in [2.75, 3.05) is 26.0 Å². The summed E-state index contributed by atoms with van der Waals surface area (Å²) in [5.41, 5.74) is -1.00. The number of rotatable bonds is 6. The summed E-state index contributed by atoms with van der Waals surface area (Å²) in [7, 11) is 3.78. The summed E-state index contributed by atoms with van der Waals surface area (Å²) in [4.78, 5) is 17.2. The zero-order valence-electron chi connectivity index (χ0n) is 13.0. The van der Waals surface area contributed by atoms with Gasteiger partial charge >= 0.3 is 12.2 Å². The van der Waals surface area contributed by atoms with Gasteiger partial charge in [-0.15, -0.1) is 11.3 Å². The maximum Gasteiger partial charge on any atom is 0.434 e. The molecule has 9 heteroatoms. The number of urea groups is 1. The Morgan fingerprint density at radius 3 is 2.50 bits per heavy atom. The van der Waals surface area contributed by atoms with Gasteiger partial charge in [-0.1, -0.05) is 13.8 Å². The minimum absolute atomic E-state index is 0.0713. The fourth-order valence-electron chi connectivity index (χ4n) is 1.97. The van der Waals surface area contributed by atoms with E-state index in [1.54, 1.807) is 0 Å². The molecule has 0 radical (unpaired) electrons. The molecule has 0 saturated heterocycles. The van der Waals surface area contributed by atoms with Crippen molar-refractivity contribution in [2.45, 2.75) is 32.5 Å². The number of thiazole rings is 1. The van der Waals surface area contributed by atoms with Crippen molar-refractivity contribution in [1.82, 2.24) is 15.2 Å². The van der Waals surface area contributed by atoms with Gasteiger partial charge in [0, 0.05) is 18.0 Å². The Bertz CT molecular complexity index is 478. The van der Waals surface area contributed by atoms with Gasteiger partial charge in [-0.05, 0) is 26.4 Å². The minimum Gasteiger partial charge on any atom is -0.334 e. The molecule has 1 heterocycles. The molecule has 0 bridgehead atoms. The first-order valence-corrected chi connectivity index (χ1v) is 7.71. The van der Waals surface area contributed by atoms with Crippen LogP contribution in [0.3, 0.4) is 0 Å². The molecule has 1 atom stereocenters. The summed E-state index contributed by atoms with van der Waals surface area (Å²) in [6.07, 6.45) is -3.73. The molecule has 2 N–H and O–H groups in total. The standard InChI is InChI=1S/C13H21F3N4OS/c1-8(2)5-9(6-20(3)4)17-11(21)19-12-18-10(7-22-12)13(14,15)16/h7-9H,5-6H2,1-4H3,(H2,17,18,19,21). The van der Waals surface area contributed by atoms with Crippen LogP contribution in [0.15, 0.2) is 5.38 Å². The summed E-state index contributed by atoms with van der Waals surface area (Å²) in [5.74, 6) is 0.391. The number of alkyl halides is 3. The van der Waals surface area contributed by atoms with Gasteiger partial charge in [0.15, 0.2) is 10.8 Å². The second-order valence-electron chi connectivity index (χ2n) is 5.72. The molecule has 0 aliphatic carbocycles. The Morgan fingerprint density at radius 1 is 1.41 bits per heavy atom. The predicted octanol–water partition coefficient (Wildman–Crippen LogP) is 3.26. The average Bonchev–Trinajstić information content (AvgIpc) is 2.74. The van der Waals surface area contributed by atoms with Gasteiger partial charge in [0.05, 0.1) is 0 Å². The van der Waals surface area contributed by atoms with Crippen molar-refractivity contribution in [3.63, 3.8) is 0 Å². The number of nitrogens with one attached hydrogen (secondary N) is 2. The lowest BCUT2D eigenvalue weighted by Gasteiger charge is -2.23. The molecular weight excluding hydrogens is 317 g/mol. The Hall–Kier alpha value is -1.35. The van der Waals surface area contributed by atoms with Crippen molar-refractivity contribution in [1.29, 1.82) is 0 Å². The van der Waals surface area contributed by atoms with Gasteiger partial charge in [-0.3, -0.25) is 5.32 Å². The number of anilines is 1. The second kappa shape index (κ2) is 7.77. The molecule has 1 aromatic rings. The van der Waals surface area contributed by atoms with E-state index in [0.717, 1.165) is 23.1 Å². The molecule has 22 heavy (non-hydrogen) atoms. The van der Waals surface area contributed by atoms with Gasteiger partial charge in [-0.25, -0.2) is 9.78 Å². The summed E-state index contributed by atoms with van der Waals surface area (Å²) in [6, 6.07) is -0.632. The fraction of sp³-hybridized carbons (Fsp3) is 0.692. The van der Waals surface area contributed by atoms with Crippen LogP contribution in [-0.2, 0) is 6.18 Å². The van der Waals surface area contributed by atoms with E-state index in [-0.39, 0.29) is 11.2 Å². The highest BCUT2D eigenvalue weighted by molar-refractivity contribution is 7.13. The van der Waals surface area contributed by atoms with Crippen LogP contribution in [-0.4, -0.2) is 42.6 Å². The summed E-state index contributed by atoms with van der Waals surface area (Å²) in [6.45, 7) is 4.73. The van der Waals surface area contributed by atoms with Gasteiger partial charge in [0.25, 0.3) is 0 Å². The number of aromatic nitrogens is 1. The lowest BCUT2D eigenvalue weighted by molar-refractivity contribution is -0.140. The van der Waals surface area contributed by atoms with E-state index in [0.29, 0.717) is 12.5 Å². The SMILES string of the molecule is CC(C)CC(CN(C)C)NC(=O)Nc1nc(C(F)(F)F)cs1. The first-order valence-electron chi connectivity index (χ1n) is 6.83. The van der Waals surface area contributed by atoms with E-state index in [2.05, 4.69) is 15.6 Å². The van der Waals surface area contributed by atoms with Crippen molar-refractivity contribution >= 4 is 22.5 Å². The molecular formula is C13H21F3N4OS. The van der Waals surface area contributed by atoms with E-state index in [1.165, 1.54) is 0 Å². The third-order valence-corrected chi connectivity index (χ3v) is 3.45. The van der Waals surface area contributed by atoms with Crippen LogP contribution in [0.2, 0.25) is 0 Å². The third kappa shape index (κ3) is 6.61. The van der Waals surface area contributed by atoms with E-state index in [4.69, 9.17) is 0 Å². The molecule has 0 aliphatic rings. The second-order valence-corrected chi connectivity index (χ2v) is 6.58. The van der Waals surface area contributed by atoms with Crippen LogP contribution in [0.1, 0.15) is 26.0 Å². The van der Waals surface area contributed by atoms with E-state index in [9.17, 15) is 18.0 Å². The van der Waals surface area contributed by atoms with Crippen LogP contribution in [0.25, 0.3) is 0 Å². The number of likely N-dealkylation sites (N-methyl/N-ethyl adjacent to an activating group) is 1. The van der Waals surface area contributed by atoms with Gasteiger partial charge in [-0.2, -0.15) is 13.2 Å². The number of carbonyl (C=O) groups is 1. The minimum atomic E-state index is -4.50. The summed E-state index contributed by atoms with van der Waals surface area (Å²) < 4.78 is 37.3. The van der Waals surface area contributed by atoms with Gasteiger partial charge in [0.1, 0.15) is 0 Å². The van der Waals surface area contributed by atoms with Crippen molar-refractivity contribution in [3.8, 4) is 0 Å². The van der Waals surface area contributed by atoms with Crippen LogP contribution in [0, 0.1) is 5.92 Å². The van der Waals surface area contributed by atoms with E-state index >= 15 is 0 Å². The molecule has 0 saturated carbocycles. The Kier molecular flexibility index (Phi) is 6.61. The number of nitrogens with zero attached hydrogens (tertiary/aromatic N) is 2. The molecule has 0 fully saturated rings. The quantitative estimate of drug-likeness (QED) is 0.837. The maximum absolute atomic E-state index is 12.4. The molecule has 0 aromatic carbocycles.